The molecule has 0 radical (unpaired) electrons. The van der Waals surface area contributed by atoms with Crippen molar-refractivity contribution in [3.63, 3.8) is 0 Å². The summed E-state index contributed by atoms with van der Waals surface area (Å²) < 4.78 is 0. The number of amides is 2. The zero-order valence-corrected chi connectivity index (χ0v) is 19.4. The Hall–Kier alpha value is -2.92. The van der Waals surface area contributed by atoms with Crippen LogP contribution in [-0.2, 0) is 10.2 Å². The van der Waals surface area contributed by atoms with Gasteiger partial charge in [0.25, 0.3) is 11.8 Å². The molecule has 0 bridgehead atoms. The smallest absolute Gasteiger partial charge is 0.267 e. The van der Waals surface area contributed by atoms with Gasteiger partial charge >= 0.3 is 0 Å². The molecular formula is C26H35N3O2. The lowest BCUT2D eigenvalue weighted by atomic mass is 9.86. The molecule has 2 aromatic rings. The summed E-state index contributed by atoms with van der Waals surface area (Å²) in [5, 5.41) is 5.72. The molecule has 0 unspecified atom stereocenters. The molecule has 0 aliphatic heterocycles. The second-order valence-electron chi connectivity index (χ2n) is 8.53. The molecule has 0 spiro atoms. The summed E-state index contributed by atoms with van der Waals surface area (Å²) in [7, 11) is 0. The molecule has 166 valence electrons. The minimum absolute atomic E-state index is 0.0500. The third-order valence-electron chi connectivity index (χ3n) is 5.22. The van der Waals surface area contributed by atoms with Crippen LogP contribution in [0.4, 0.5) is 0 Å². The fourth-order valence-corrected chi connectivity index (χ4v) is 3.15. The summed E-state index contributed by atoms with van der Waals surface area (Å²) in [6.45, 7) is 13.8. The van der Waals surface area contributed by atoms with Gasteiger partial charge < -0.3 is 15.5 Å². The topological polar surface area (TPSA) is 61.4 Å². The van der Waals surface area contributed by atoms with Crippen LogP contribution >= 0.6 is 0 Å². The fourth-order valence-electron chi connectivity index (χ4n) is 3.15. The van der Waals surface area contributed by atoms with E-state index in [1.807, 2.05) is 18.2 Å². The zero-order chi connectivity index (χ0) is 22.9. The predicted molar refractivity (Wildman–Crippen MR) is 128 cm³/mol. The molecule has 0 atom stereocenters. The van der Waals surface area contributed by atoms with Crippen molar-refractivity contribution in [1.82, 2.24) is 15.5 Å². The molecule has 0 saturated heterocycles. The maximum atomic E-state index is 12.9. The number of nitrogens with zero attached hydrogens (tertiary/aromatic N) is 1. The van der Waals surface area contributed by atoms with Crippen LogP contribution < -0.4 is 10.6 Å². The highest BCUT2D eigenvalue weighted by Crippen LogP contribution is 2.22. The third kappa shape index (κ3) is 7.68. The Kier molecular flexibility index (Phi) is 9.01. The van der Waals surface area contributed by atoms with E-state index >= 15 is 0 Å². The average molecular weight is 422 g/mol. The van der Waals surface area contributed by atoms with Gasteiger partial charge in [0.1, 0.15) is 5.70 Å². The summed E-state index contributed by atoms with van der Waals surface area (Å²) in [5.74, 6) is -0.603. The Bertz CT molecular complexity index is 877. The maximum absolute atomic E-state index is 12.9. The summed E-state index contributed by atoms with van der Waals surface area (Å²) in [5.41, 5.74) is 2.86. The minimum Gasteiger partial charge on any atom is -0.349 e. The maximum Gasteiger partial charge on any atom is 0.267 e. The molecule has 2 amide bonds. The lowest BCUT2D eigenvalue weighted by Crippen LogP contribution is -2.39. The van der Waals surface area contributed by atoms with Crippen LogP contribution in [0, 0.1) is 0 Å². The average Bonchev–Trinajstić information content (AvgIpc) is 2.76. The van der Waals surface area contributed by atoms with Crippen LogP contribution in [0.5, 0.6) is 0 Å². The van der Waals surface area contributed by atoms with E-state index in [4.69, 9.17) is 0 Å². The van der Waals surface area contributed by atoms with Gasteiger partial charge in [-0.2, -0.15) is 0 Å². The normalized spacial score (nSPS) is 12.0. The summed E-state index contributed by atoms with van der Waals surface area (Å²) in [4.78, 5) is 27.8. The van der Waals surface area contributed by atoms with Crippen LogP contribution in [0.25, 0.3) is 6.08 Å². The Labute approximate surface area is 186 Å². The molecule has 31 heavy (non-hydrogen) atoms. The van der Waals surface area contributed by atoms with Crippen LogP contribution in [0.3, 0.4) is 0 Å². The number of rotatable bonds is 9. The van der Waals surface area contributed by atoms with Gasteiger partial charge in [-0.1, -0.05) is 77.1 Å². The molecule has 0 heterocycles. The number of hydrogen-bond acceptors (Lipinski definition) is 3. The van der Waals surface area contributed by atoms with Gasteiger partial charge in [0, 0.05) is 18.7 Å². The number of benzene rings is 2. The highest BCUT2D eigenvalue weighted by atomic mass is 16.2. The molecular weight excluding hydrogens is 386 g/mol. The lowest BCUT2D eigenvalue weighted by Gasteiger charge is -2.19. The van der Waals surface area contributed by atoms with Crippen molar-refractivity contribution < 1.29 is 9.59 Å². The second kappa shape index (κ2) is 11.5. The zero-order valence-electron chi connectivity index (χ0n) is 19.4. The van der Waals surface area contributed by atoms with Gasteiger partial charge in [0.05, 0.1) is 0 Å². The molecule has 0 aromatic heterocycles. The lowest BCUT2D eigenvalue weighted by molar-refractivity contribution is -0.117. The van der Waals surface area contributed by atoms with E-state index in [1.165, 1.54) is 5.56 Å². The molecule has 0 saturated carbocycles. The molecule has 0 aliphatic carbocycles. The molecule has 0 fully saturated rings. The minimum atomic E-state index is -0.308. The third-order valence-corrected chi connectivity index (χ3v) is 5.22. The van der Waals surface area contributed by atoms with E-state index < -0.39 is 0 Å². The first-order valence-corrected chi connectivity index (χ1v) is 10.9. The van der Waals surface area contributed by atoms with E-state index in [2.05, 4.69) is 62.3 Å². The van der Waals surface area contributed by atoms with Gasteiger partial charge in [0.15, 0.2) is 0 Å². The highest BCUT2D eigenvalue weighted by molar-refractivity contribution is 6.05. The van der Waals surface area contributed by atoms with Crippen molar-refractivity contribution in [2.45, 2.75) is 40.0 Å². The van der Waals surface area contributed by atoms with Crippen molar-refractivity contribution in [2.24, 2.45) is 0 Å². The fraction of sp³-hybridized carbons (Fsp3) is 0.385. The molecule has 0 aliphatic rings. The molecule has 2 aromatic carbocycles. The van der Waals surface area contributed by atoms with E-state index in [0.29, 0.717) is 12.1 Å². The Balaban J connectivity index is 2.21. The first-order chi connectivity index (χ1) is 14.7. The van der Waals surface area contributed by atoms with Gasteiger partial charge in [-0.25, -0.2) is 0 Å². The Morgan fingerprint density at radius 1 is 0.935 bits per heavy atom. The van der Waals surface area contributed by atoms with Crippen LogP contribution in [0.1, 0.15) is 56.1 Å². The van der Waals surface area contributed by atoms with Crippen molar-refractivity contribution in [1.29, 1.82) is 0 Å². The summed E-state index contributed by atoms with van der Waals surface area (Å²) in [6, 6.07) is 17.0. The first kappa shape index (κ1) is 24.4. The second-order valence-corrected chi connectivity index (χ2v) is 8.53. The largest absolute Gasteiger partial charge is 0.349 e. The van der Waals surface area contributed by atoms with E-state index in [1.54, 1.807) is 30.3 Å². The van der Waals surface area contributed by atoms with E-state index in [9.17, 15) is 9.59 Å². The quantitative estimate of drug-likeness (QED) is 0.596. The number of carbonyl (C=O) groups is 2. The van der Waals surface area contributed by atoms with Crippen molar-refractivity contribution >= 4 is 17.9 Å². The molecule has 5 nitrogen and oxygen atoms in total. The number of carbonyl (C=O) groups excluding carboxylic acids is 2. The van der Waals surface area contributed by atoms with Crippen LogP contribution in [0.15, 0.2) is 60.3 Å². The van der Waals surface area contributed by atoms with E-state index in [0.717, 1.165) is 25.2 Å². The van der Waals surface area contributed by atoms with Gasteiger partial charge in [-0.05, 0) is 47.8 Å². The molecule has 5 heteroatoms. The van der Waals surface area contributed by atoms with Crippen LogP contribution in [-0.4, -0.2) is 42.9 Å². The molecule has 2 N–H and O–H groups in total. The summed E-state index contributed by atoms with van der Waals surface area (Å²) in [6.07, 6.45) is 1.72. The van der Waals surface area contributed by atoms with Gasteiger partial charge in [-0.3, -0.25) is 9.59 Å². The number of likely N-dealkylation sites (N-methyl/N-ethyl adjacent to an activating group) is 1. The predicted octanol–water partition coefficient (Wildman–Crippen LogP) is 4.21. The van der Waals surface area contributed by atoms with Gasteiger partial charge in [-0.15, -0.1) is 0 Å². The van der Waals surface area contributed by atoms with Crippen molar-refractivity contribution in [2.75, 3.05) is 26.2 Å². The first-order valence-electron chi connectivity index (χ1n) is 10.9. The van der Waals surface area contributed by atoms with Gasteiger partial charge in [0.2, 0.25) is 0 Å². The SMILES string of the molecule is CCN(CC)CCNC(=O)/C(=C\c1ccc(C(C)(C)C)cc1)NC(=O)c1ccccc1. The number of nitrogens with one attached hydrogen (secondary N) is 2. The molecule has 2 rings (SSSR count). The Morgan fingerprint density at radius 3 is 2.10 bits per heavy atom. The van der Waals surface area contributed by atoms with Crippen LogP contribution in [0.2, 0.25) is 0 Å². The number of hydrogen-bond donors (Lipinski definition) is 2. The summed E-state index contributed by atoms with van der Waals surface area (Å²) >= 11 is 0. The Morgan fingerprint density at radius 2 is 1.55 bits per heavy atom. The standard InChI is InChI=1S/C26H35N3O2/c1-6-29(7-2)18-17-27-25(31)23(28-24(30)21-11-9-8-10-12-21)19-20-13-15-22(16-14-20)26(3,4)5/h8-16,19H,6-7,17-18H2,1-5H3,(H,27,31)(H,28,30)/b23-19+. The van der Waals surface area contributed by atoms with Crippen molar-refractivity contribution in [3.05, 3.63) is 77.0 Å². The van der Waals surface area contributed by atoms with E-state index in [-0.39, 0.29) is 22.9 Å². The highest BCUT2D eigenvalue weighted by Gasteiger charge is 2.16. The monoisotopic (exact) mass is 421 g/mol. The van der Waals surface area contributed by atoms with Crippen molar-refractivity contribution in [3.8, 4) is 0 Å².